The van der Waals surface area contributed by atoms with Gasteiger partial charge in [-0.2, -0.15) is 0 Å². The van der Waals surface area contributed by atoms with Gasteiger partial charge in [0.25, 0.3) is 7.82 Å². The van der Waals surface area contributed by atoms with Gasteiger partial charge in [-0.3, -0.25) is 23.7 Å². The predicted octanol–water partition coefficient (Wildman–Crippen LogP) is -5.48. The van der Waals surface area contributed by atoms with Gasteiger partial charge in [-0.25, -0.2) is 0 Å². The first-order valence-corrected chi connectivity index (χ1v) is 33.8. The van der Waals surface area contributed by atoms with Gasteiger partial charge in [0, 0.05) is 58.9 Å². The van der Waals surface area contributed by atoms with E-state index in [0.29, 0.717) is 49.0 Å². The topological polar surface area (TPSA) is 446 Å². The number of carbonyl (C=O) groups excluding carboxylic acids is 5. The first-order chi connectivity index (χ1) is 41.5. The molecule has 9 unspecified atom stereocenters. The second kappa shape index (κ2) is 60.6. The minimum absolute atomic E-state index is 0. The van der Waals surface area contributed by atoms with Crippen molar-refractivity contribution in [2.45, 2.75) is 222 Å². The van der Waals surface area contributed by atoms with Crippen LogP contribution in [0.1, 0.15) is 149 Å². The Morgan fingerprint density at radius 2 is 1.05 bits per heavy atom. The Morgan fingerprint density at radius 1 is 0.677 bits per heavy atom. The molecule has 0 aromatic carbocycles. The fourth-order valence-electron chi connectivity index (χ4n) is 6.08. The third kappa shape index (κ3) is 49.9. The quantitative estimate of drug-likeness (QED) is 0.0100. The summed E-state index contributed by atoms with van der Waals surface area (Å²) in [6, 6.07) is 0.454. The number of amides is 1. The van der Waals surface area contributed by atoms with Crippen molar-refractivity contribution in [3.8, 4) is 0 Å². The number of aliphatic hydroxyl groups excluding tert-OH is 6. The molecule has 0 spiro atoms. The summed E-state index contributed by atoms with van der Waals surface area (Å²) in [5, 5.41) is 93.7. The van der Waals surface area contributed by atoms with Crippen molar-refractivity contribution >= 4 is 61.4 Å². The molecule has 15 atom stereocenters. The number of carboxylic acids is 3. The zero-order valence-electron chi connectivity index (χ0n) is 59.7. The Kier molecular flexibility index (Phi) is 72.5. The maximum absolute atomic E-state index is 11.6. The van der Waals surface area contributed by atoms with Crippen LogP contribution in [0.3, 0.4) is 0 Å². The fraction of sp³-hybridized carbons (Fsp3) is 0.895. The van der Waals surface area contributed by atoms with Crippen LogP contribution in [0.2, 0.25) is 0 Å². The molecule has 3 saturated heterocycles. The van der Waals surface area contributed by atoms with E-state index in [2.05, 4.69) is 36.2 Å². The van der Waals surface area contributed by atoms with Gasteiger partial charge in [0.15, 0.2) is 12.6 Å². The molecule has 3 fully saturated rings. The van der Waals surface area contributed by atoms with E-state index in [1.54, 1.807) is 41.7 Å². The van der Waals surface area contributed by atoms with Crippen LogP contribution in [0.15, 0.2) is 0 Å². The summed E-state index contributed by atoms with van der Waals surface area (Å²) in [5.74, 6) is -4.54. The van der Waals surface area contributed by atoms with Gasteiger partial charge in [-0.15, -0.1) is 17.9 Å². The third-order valence-corrected chi connectivity index (χ3v) is 14.6. The molecule has 0 bridgehead atoms. The van der Waals surface area contributed by atoms with E-state index >= 15 is 0 Å². The molecule has 30 nitrogen and oxygen atoms in total. The number of ether oxygens (including phenoxy) is 8. The van der Waals surface area contributed by atoms with Crippen molar-refractivity contribution in [2.24, 2.45) is 16.2 Å². The number of esters is 2. The molecule has 1 amide bonds. The molecule has 0 aromatic heterocycles. The molecule has 3 heterocycles. The number of aliphatic hydroxyl groups is 7. The van der Waals surface area contributed by atoms with Crippen LogP contribution in [-0.2, 0) is 98.8 Å². The van der Waals surface area contributed by atoms with Crippen LogP contribution >= 0.6 is 25.7 Å². The van der Waals surface area contributed by atoms with Crippen molar-refractivity contribution < 1.29 is 218 Å². The molecule has 0 aromatic rings. The normalized spacial score (nSPS) is 22.6. The number of phosphoric ester groups is 1. The minimum atomic E-state index is -4.34. The Balaban J connectivity index is -0.000000136. The number of likely N-dealkylation sites (N-methyl/N-ethyl adjacent to an activating group) is 1. The largest absolute Gasteiger partial charge is 1.00 e. The van der Waals surface area contributed by atoms with E-state index in [4.69, 9.17) is 62.8 Å². The Hall–Kier alpha value is -0.186. The Bertz CT molecular complexity index is 1970. The second-order valence-corrected chi connectivity index (χ2v) is 24.2. The summed E-state index contributed by atoms with van der Waals surface area (Å²) < 4.78 is 60.6. The van der Waals surface area contributed by atoms with E-state index in [1.165, 1.54) is 0 Å². The van der Waals surface area contributed by atoms with Gasteiger partial charge in [0.1, 0.15) is 82.0 Å². The van der Waals surface area contributed by atoms with Crippen molar-refractivity contribution in [2.75, 3.05) is 95.4 Å². The first-order valence-electron chi connectivity index (χ1n) is 29.7. The molecule has 8 N–H and O–H groups in total. The van der Waals surface area contributed by atoms with Gasteiger partial charge >= 0.3 is 77.0 Å². The van der Waals surface area contributed by atoms with E-state index in [1.807, 2.05) is 81.4 Å². The monoisotopic (exact) mass is 1470 g/mol. The summed E-state index contributed by atoms with van der Waals surface area (Å²) in [4.78, 5) is 80.2. The maximum atomic E-state index is 11.6. The van der Waals surface area contributed by atoms with Gasteiger partial charge in [0.05, 0.1) is 68.6 Å². The number of quaternary nitrogens is 1. The van der Waals surface area contributed by atoms with Gasteiger partial charge in [0.2, 0.25) is 5.91 Å². The number of rotatable bonds is 26. The van der Waals surface area contributed by atoms with Crippen LogP contribution in [0, 0.1) is 16.2 Å². The second-order valence-electron chi connectivity index (χ2n) is 22.7. The van der Waals surface area contributed by atoms with Crippen molar-refractivity contribution in [1.29, 1.82) is 0 Å². The van der Waals surface area contributed by atoms with Gasteiger partial charge in [-0.05, 0) is 93.9 Å². The van der Waals surface area contributed by atoms with Gasteiger partial charge in [-0.1, -0.05) is 48.5 Å². The Labute approximate surface area is 614 Å². The molecular weight excluding hydrogens is 1350 g/mol. The van der Waals surface area contributed by atoms with Crippen LogP contribution < -0.4 is 74.2 Å². The van der Waals surface area contributed by atoms with Crippen LogP contribution in [0.25, 0.3) is 0 Å². The zero-order chi connectivity index (χ0) is 72.1. The van der Waals surface area contributed by atoms with E-state index in [-0.39, 0.29) is 121 Å². The number of methoxy groups -OCH3 is 3. The first kappa shape index (κ1) is 111. The zero-order valence-corrected chi connectivity index (χ0v) is 68.3. The predicted molar refractivity (Wildman–Crippen MR) is 333 cm³/mol. The molecule has 3 aliphatic heterocycles. The summed E-state index contributed by atoms with van der Waals surface area (Å²) in [6.45, 7) is 29.7. The standard InChI is InChI=1S/C14H22O13.C13H28NO6P.C9H18O3.C8H15NO.C6H12O2.C4H10O.C2H6.CH4O2.2Na.H4P2.V/c1-23-7-3(15)6(18)14(27-9(7)11(19)20)25-8-4(16)5(17)13(24-2)26-10(8)12(21)22;1-7-13(2,3)12(15)18-10-11-20-21(16,17)19-9-8-14(4,5)6;1-5-9(2,3)8(10)12-7-6-11-4;1-3-7(2)9-6-4-5-8(9)10;1-4-6(2,3)5(7)8;1-3-4(2)5;1-2;2-1-3;;;1-2;/h3-10,13-18H,1-2H3,(H,19,20)(H,21,22);7-11H2,1-6H3;5-7H2,1-4H3;7H,3-6H2,1-2H3;4H2,1-3H3,(H,7,8);4-5H,3H2,1-2H3;1-2H3;2-3H,1H2;;;1-2H2;/q;;;;;;;;2*+1;;/p-2/t3-,4-,5?,6?,7+,8+,9?,10?,13-,14-;;;;;;;;;;;/m1.........../s1. The van der Waals surface area contributed by atoms with Gasteiger partial charge < -0.3 is 122 Å². The summed E-state index contributed by atoms with van der Waals surface area (Å²) in [7, 11) is 9.84. The molecular formula is C57H117N2Na2O28P3V. The SMILES string of the molecule is CC.CCC(C)(C)C(=O)O.CCC(C)(C)C(=O)OCCOC.CCC(C)(C)C(=O)OCCOP(=O)([O-])OCC[N+](C)(C)C.CCC(C)N1CCCC1=O.CCC(C)O.CO[C@@H]1OC(C(=O)[O-])[C@@H](O[C@@H]2OC(C(=O)[O-])[C@@H](OC)[C@H](O)C2O)[C@H](O)C1O.OCO.PP.[Na+].[Na+].[V]. The maximum Gasteiger partial charge on any atom is 1.00 e. The van der Waals surface area contributed by atoms with E-state index < -0.39 is 105 Å². The number of nitrogens with zero attached hydrogens (tertiary/aromatic N) is 2. The average molecular weight is 1470 g/mol. The number of carboxylic acid groups (broad SMARTS) is 3. The van der Waals surface area contributed by atoms with Crippen LogP contribution in [0.4, 0.5) is 0 Å². The number of likely N-dealkylation sites (tertiary alicyclic amines) is 1. The van der Waals surface area contributed by atoms with Crippen molar-refractivity contribution in [1.82, 2.24) is 4.90 Å². The average Bonchev–Trinajstić information content (AvgIpc) is 1.19. The number of aliphatic carboxylic acids is 3. The molecule has 545 valence electrons. The van der Waals surface area contributed by atoms with Crippen molar-refractivity contribution in [3.63, 3.8) is 0 Å². The molecule has 0 aliphatic carbocycles. The molecule has 36 heteroatoms. The van der Waals surface area contributed by atoms with E-state index in [9.17, 15) is 68.9 Å². The number of carbonyl (C=O) groups is 6. The van der Waals surface area contributed by atoms with Crippen LogP contribution in [0.5, 0.6) is 0 Å². The molecule has 1 radical (unpaired) electrons. The minimum Gasteiger partial charge on any atom is -0.756 e. The number of phosphoric acid groups is 1. The smallest absolute Gasteiger partial charge is 0.756 e. The summed E-state index contributed by atoms with van der Waals surface area (Å²) in [6.07, 6.45) is -12.2. The van der Waals surface area contributed by atoms with Crippen LogP contribution in [-0.4, -0.2) is 255 Å². The number of hydrogen-bond donors (Lipinski definition) is 8. The molecule has 93 heavy (non-hydrogen) atoms. The number of hydrogen-bond acceptors (Lipinski definition) is 27. The summed E-state index contributed by atoms with van der Waals surface area (Å²) in [5.41, 5.74) is -1.49. The third-order valence-electron chi connectivity index (χ3n) is 13.6. The molecule has 3 aliphatic rings. The summed E-state index contributed by atoms with van der Waals surface area (Å²) >= 11 is 0. The van der Waals surface area contributed by atoms with Crippen molar-refractivity contribution in [3.05, 3.63) is 0 Å². The molecule has 0 saturated carbocycles. The molecule has 3 rings (SSSR count). The fourth-order valence-corrected chi connectivity index (χ4v) is 6.76. The van der Waals surface area contributed by atoms with E-state index in [0.717, 1.165) is 52.9 Å². The Morgan fingerprint density at radius 3 is 1.37 bits per heavy atom.